The highest BCUT2D eigenvalue weighted by molar-refractivity contribution is 6.04. The Kier molecular flexibility index (Phi) is 3.45. The summed E-state index contributed by atoms with van der Waals surface area (Å²) < 4.78 is 5.99. The predicted molar refractivity (Wildman–Crippen MR) is 102 cm³/mol. The molecule has 1 nitrogen and oxygen atoms in total. The van der Waals surface area contributed by atoms with Crippen LogP contribution in [0.5, 0.6) is 0 Å². The summed E-state index contributed by atoms with van der Waals surface area (Å²) in [6.45, 7) is 6.74. The smallest absolute Gasteiger partial charge is 0.135 e. The van der Waals surface area contributed by atoms with Gasteiger partial charge in [-0.2, -0.15) is 0 Å². The van der Waals surface area contributed by atoms with Crippen molar-refractivity contribution in [3.05, 3.63) is 83.4 Å². The van der Waals surface area contributed by atoms with Crippen molar-refractivity contribution in [3.8, 4) is 0 Å². The van der Waals surface area contributed by atoms with Crippen LogP contribution in [0.25, 0.3) is 21.9 Å². The molecule has 0 aliphatic heterocycles. The lowest BCUT2D eigenvalue weighted by Crippen LogP contribution is -2.10. The molecule has 4 aromatic rings. The minimum Gasteiger partial charge on any atom is -0.456 e. The summed E-state index contributed by atoms with van der Waals surface area (Å²) >= 11 is 0. The summed E-state index contributed by atoms with van der Waals surface area (Å²) in [4.78, 5) is 0. The third-order valence-electron chi connectivity index (χ3n) is 4.67. The normalized spacial score (nSPS) is 12.1. The van der Waals surface area contributed by atoms with E-state index in [9.17, 15) is 0 Å². The van der Waals surface area contributed by atoms with E-state index in [-0.39, 0.29) is 5.41 Å². The van der Waals surface area contributed by atoms with Crippen LogP contribution in [0.15, 0.2) is 71.1 Å². The molecule has 0 aliphatic rings. The van der Waals surface area contributed by atoms with E-state index in [1.165, 1.54) is 27.5 Å². The van der Waals surface area contributed by atoms with Gasteiger partial charge >= 0.3 is 0 Å². The van der Waals surface area contributed by atoms with Crippen molar-refractivity contribution in [2.24, 2.45) is 0 Å². The van der Waals surface area contributed by atoms with Gasteiger partial charge in [-0.05, 0) is 40.7 Å². The number of para-hydroxylation sites is 1. The molecule has 0 aliphatic carbocycles. The third kappa shape index (κ3) is 2.71. The molecule has 0 spiro atoms. The number of hydrogen-bond donors (Lipinski definition) is 0. The van der Waals surface area contributed by atoms with Crippen LogP contribution in [0.2, 0.25) is 0 Å². The fourth-order valence-corrected chi connectivity index (χ4v) is 3.24. The number of furan rings is 1. The van der Waals surface area contributed by atoms with E-state index in [1.54, 1.807) is 0 Å². The monoisotopic (exact) mass is 314 g/mol. The van der Waals surface area contributed by atoms with Gasteiger partial charge < -0.3 is 4.42 Å². The molecule has 0 fully saturated rings. The Morgan fingerprint density at radius 1 is 0.708 bits per heavy atom. The van der Waals surface area contributed by atoms with Crippen LogP contribution < -0.4 is 0 Å². The van der Waals surface area contributed by atoms with Crippen LogP contribution in [0, 0.1) is 0 Å². The molecule has 0 bridgehead atoms. The highest BCUT2D eigenvalue weighted by Gasteiger charge is 2.13. The molecular weight excluding hydrogens is 292 g/mol. The van der Waals surface area contributed by atoms with Crippen LogP contribution in [0.4, 0.5) is 0 Å². The van der Waals surface area contributed by atoms with E-state index in [1.807, 2.05) is 12.1 Å². The van der Waals surface area contributed by atoms with Gasteiger partial charge in [-0.3, -0.25) is 0 Å². The fourth-order valence-electron chi connectivity index (χ4n) is 3.24. The van der Waals surface area contributed by atoms with E-state index in [4.69, 9.17) is 4.42 Å². The molecule has 0 radical (unpaired) electrons. The zero-order chi connectivity index (χ0) is 16.7. The first-order valence-electron chi connectivity index (χ1n) is 8.50. The topological polar surface area (TPSA) is 13.1 Å². The average Bonchev–Trinajstić information content (AvgIpc) is 2.92. The van der Waals surface area contributed by atoms with Crippen molar-refractivity contribution >= 4 is 21.9 Å². The van der Waals surface area contributed by atoms with E-state index in [0.29, 0.717) is 0 Å². The van der Waals surface area contributed by atoms with Crippen molar-refractivity contribution in [1.82, 2.24) is 0 Å². The summed E-state index contributed by atoms with van der Waals surface area (Å²) in [7, 11) is 0. The van der Waals surface area contributed by atoms with Gasteiger partial charge in [-0.25, -0.2) is 0 Å². The van der Waals surface area contributed by atoms with Crippen LogP contribution >= 0.6 is 0 Å². The zero-order valence-corrected chi connectivity index (χ0v) is 14.5. The van der Waals surface area contributed by atoms with Crippen molar-refractivity contribution in [2.45, 2.75) is 32.6 Å². The zero-order valence-electron chi connectivity index (χ0n) is 14.5. The van der Waals surface area contributed by atoms with Gasteiger partial charge in [0.25, 0.3) is 0 Å². The van der Waals surface area contributed by atoms with Gasteiger partial charge in [0.1, 0.15) is 11.2 Å². The van der Waals surface area contributed by atoms with E-state index < -0.39 is 0 Å². The number of fused-ring (bicyclic) bond motifs is 3. The first-order chi connectivity index (χ1) is 11.5. The van der Waals surface area contributed by atoms with E-state index in [2.05, 4.69) is 75.4 Å². The lowest BCUT2D eigenvalue weighted by atomic mass is 9.86. The Morgan fingerprint density at radius 2 is 1.38 bits per heavy atom. The molecule has 24 heavy (non-hydrogen) atoms. The number of hydrogen-bond acceptors (Lipinski definition) is 1. The molecule has 1 heteroatoms. The minimum atomic E-state index is 0.200. The van der Waals surface area contributed by atoms with Crippen molar-refractivity contribution in [3.63, 3.8) is 0 Å². The van der Waals surface area contributed by atoms with Gasteiger partial charge in [0.2, 0.25) is 0 Å². The maximum atomic E-state index is 5.99. The quantitative estimate of drug-likeness (QED) is 0.413. The van der Waals surface area contributed by atoms with Crippen molar-refractivity contribution in [1.29, 1.82) is 0 Å². The molecule has 3 aromatic carbocycles. The Hall–Kier alpha value is -2.54. The second kappa shape index (κ2) is 5.52. The van der Waals surface area contributed by atoms with Crippen molar-refractivity contribution in [2.75, 3.05) is 0 Å². The first-order valence-corrected chi connectivity index (χ1v) is 8.50. The predicted octanol–water partition coefficient (Wildman–Crippen LogP) is 6.47. The molecule has 120 valence electrons. The van der Waals surface area contributed by atoms with E-state index >= 15 is 0 Å². The molecule has 0 atom stereocenters. The summed E-state index contributed by atoms with van der Waals surface area (Å²) in [5, 5.41) is 2.38. The standard InChI is InChI=1S/C23H22O/c1-23(2,3)18-11-8-16(9-12-18)14-17-10-13-20-19-6-4-5-7-21(19)24-22(20)15-17/h4-13,15H,14H2,1-3H3. The fraction of sp³-hybridized carbons (Fsp3) is 0.217. The highest BCUT2D eigenvalue weighted by atomic mass is 16.3. The second-order valence-corrected chi connectivity index (χ2v) is 7.55. The molecule has 0 saturated heterocycles. The summed E-state index contributed by atoms with van der Waals surface area (Å²) in [5.41, 5.74) is 6.12. The number of rotatable bonds is 2. The largest absolute Gasteiger partial charge is 0.456 e. The minimum absolute atomic E-state index is 0.200. The molecule has 0 unspecified atom stereocenters. The van der Waals surface area contributed by atoms with Crippen LogP contribution in [0.3, 0.4) is 0 Å². The summed E-state index contributed by atoms with van der Waals surface area (Å²) in [5.74, 6) is 0. The average molecular weight is 314 g/mol. The maximum absolute atomic E-state index is 5.99. The molecular formula is C23H22O. The summed E-state index contributed by atoms with van der Waals surface area (Å²) in [6.07, 6.45) is 0.928. The van der Waals surface area contributed by atoms with Crippen LogP contribution in [0.1, 0.15) is 37.5 Å². The Balaban J connectivity index is 1.66. The van der Waals surface area contributed by atoms with E-state index in [0.717, 1.165) is 17.6 Å². The molecule has 1 aromatic heterocycles. The van der Waals surface area contributed by atoms with Gasteiger partial charge in [0.05, 0.1) is 0 Å². The maximum Gasteiger partial charge on any atom is 0.135 e. The molecule has 0 N–H and O–H groups in total. The molecule has 4 rings (SSSR count). The number of benzene rings is 3. The lowest BCUT2D eigenvalue weighted by molar-refractivity contribution is 0.590. The SMILES string of the molecule is CC(C)(C)c1ccc(Cc2ccc3c(c2)oc2ccccc23)cc1. The molecule has 1 heterocycles. The molecule has 0 amide bonds. The molecule has 0 saturated carbocycles. The van der Waals surface area contributed by atoms with Crippen molar-refractivity contribution < 1.29 is 4.42 Å². The van der Waals surface area contributed by atoms with Crippen LogP contribution in [-0.4, -0.2) is 0 Å². The van der Waals surface area contributed by atoms with Crippen LogP contribution in [-0.2, 0) is 11.8 Å². The summed E-state index contributed by atoms with van der Waals surface area (Å²) in [6, 6.07) is 23.8. The Bertz CT molecular complexity index is 998. The second-order valence-electron chi connectivity index (χ2n) is 7.55. The first kappa shape index (κ1) is 15.0. The van der Waals surface area contributed by atoms with Gasteiger partial charge in [-0.15, -0.1) is 0 Å². The van der Waals surface area contributed by atoms with Gasteiger partial charge in [-0.1, -0.05) is 75.4 Å². The van der Waals surface area contributed by atoms with Gasteiger partial charge in [0.15, 0.2) is 0 Å². The highest BCUT2D eigenvalue weighted by Crippen LogP contribution is 2.30. The lowest BCUT2D eigenvalue weighted by Gasteiger charge is -2.19. The Labute approximate surface area is 142 Å². The third-order valence-corrected chi connectivity index (χ3v) is 4.67. The Morgan fingerprint density at radius 3 is 2.12 bits per heavy atom. The van der Waals surface area contributed by atoms with Gasteiger partial charge in [0, 0.05) is 10.8 Å².